The molecule has 1 aromatic heterocycles. The number of nitrogens with one attached hydrogen (secondary N) is 1. The van der Waals surface area contributed by atoms with Crippen LogP contribution in [-0.2, 0) is 10.5 Å². The van der Waals surface area contributed by atoms with Crippen molar-refractivity contribution in [2.75, 3.05) is 5.32 Å². The summed E-state index contributed by atoms with van der Waals surface area (Å²) in [5.74, 6) is 0.625. The predicted molar refractivity (Wildman–Crippen MR) is 104 cm³/mol. The molecule has 1 amide bonds. The normalized spacial score (nSPS) is 11.9. The van der Waals surface area contributed by atoms with Crippen molar-refractivity contribution in [1.29, 1.82) is 0 Å². The molecule has 0 bridgehead atoms. The van der Waals surface area contributed by atoms with Crippen LogP contribution in [0.2, 0.25) is 0 Å². The first-order chi connectivity index (χ1) is 12.3. The summed E-state index contributed by atoms with van der Waals surface area (Å²) in [4.78, 5) is 12.6. The molecule has 25 heavy (non-hydrogen) atoms. The number of nitrogens with zero attached hydrogens (tertiary/aromatic N) is 2. The lowest BCUT2D eigenvalue weighted by molar-refractivity contribution is -0.117. The van der Waals surface area contributed by atoms with Crippen molar-refractivity contribution in [3.05, 3.63) is 71.8 Å². The molecule has 0 unspecified atom stereocenters. The molecule has 0 aliphatic heterocycles. The van der Waals surface area contributed by atoms with E-state index in [1.54, 1.807) is 11.8 Å². The van der Waals surface area contributed by atoms with Gasteiger partial charge in [0.1, 0.15) is 0 Å². The maximum absolute atomic E-state index is 12.6. The third-order valence-corrected chi connectivity index (χ3v) is 5.81. The molecular weight excluding hydrogens is 350 g/mol. The van der Waals surface area contributed by atoms with E-state index in [0.29, 0.717) is 5.13 Å². The predicted octanol–water partition coefficient (Wildman–Crippen LogP) is 4.96. The average molecular weight is 370 g/mol. The quantitative estimate of drug-likeness (QED) is 0.472. The van der Waals surface area contributed by atoms with E-state index >= 15 is 0 Å². The molecular formula is C19H19N3OS2. The number of anilines is 1. The summed E-state index contributed by atoms with van der Waals surface area (Å²) in [5.41, 5.74) is 2.26. The van der Waals surface area contributed by atoms with Gasteiger partial charge in [-0.05, 0) is 17.5 Å². The highest BCUT2D eigenvalue weighted by molar-refractivity contribution is 8.00. The second kappa shape index (κ2) is 8.78. The van der Waals surface area contributed by atoms with E-state index < -0.39 is 0 Å². The first-order valence-electron chi connectivity index (χ1n) is 8.12. The Morgan fingerprint density at radius 2 is 1.76 bits per heavy atom. The summed E-state index contributed by atoms with van der Waals surface area (Å²) in [6, 6.07) is 20.0. The largest absolute Gasteiger partial charge is 0.300 e. The average Bonchev–Trinajstić information content (AvgIpc) is 3.10. The van der Waals surface area contributed by atoms with Crippen LogP contribution >= 0.6 is 23.1 Å². The highest BCUT2D eigenvalue weighted by Gasteiger charge is 2.20. The van der Waals surface area contributed by atoms with Crippen LogP contribution in [0.1, 0.15) is 30.4 Å². The van der Waals surface area contributed by atoms with Crippen LogP contribution in [-0.4, -0.2) is 16.1 Å². The zero-order valence-corrected chi connectivity index (χ0v) is 15.5. The number of hydrogen-bond donors (Lipinski definition) is 1. The number of rotatable bonds is 7. The van der Waals surface area contributed by atoms with Crippen LogP contribution in [0.4, 0.5) is 5.13 Å². The molecule has 4 nitrogen and oxygen atoms in total. The third-order valence-electron chi connectivity index (χ3n) is 3.77. The van der Waals surface area contributed by atoms with E-state index in [4.69, 9.17) is 0 Å². The van der Waals surface area contributed by atoms with E-state index in [1.807, 2.05) is 55.5 Å². The van der Waals surface area contributed by atoms with Crippen molar-refractivity contribution in [3.8, 4) is 0 Å². The third kappa shape index (κ3) is 4.90. The van der Waals surface area contributed by atoms with Gasteiger partial charge in [-0.15, -0.1) is 10.2 Å². The minimum absolute atomic E-state index is 0.0375. The molecule has 0 fully saturated rings. The van der Waals surface area contributed by atoms with E-state index in [1.165, 1.54) is 16.9 Å². The van der Waals surface area contributed by atoms with Crippen molar-refractivity contribution < 1.29 is 4.79 Å². The summed E-state index contributed by atoms with van der Waals surface area (Å²) in [6.07, 6.45) is 0.740. The van der Waals surface area contributed by atoms with Gasteiger partial charge in [0.2, 0.25) is 11.0 Å². The van der Waals surface area contributed by atoms with Crippen LogP contribution in [0.3, 0.4) is 0 Å². The molecule has 0 aliphatic rings. The number of thioether (sulfide) groups is 1. The highest BCUT2D eigenvalue weighted by atomic mass is 32.2. The maximum Gasteiger partial charge on any atom is 0.233 e. The Balaban J connectivity index is 1.59. The second-order valence-corrected chi connectivity index (χ2v) is 7.71. The fraction of sp³-hybridized carbons (Fsp3) is 0.211. The Labute approximate surface area is 155 Å². The van der Waals surface area contributed by atoms with Crippen molar-refractivity contribution in [1.82, 2.24) is 10.2 Å². The molecule has 0 radical (unpaired) electrons. The maximum atomic E-state index is 12.6. The fourth-order valence-electron chi connectivity index (χ4n) is 2.49. The molecule has 1 N–H and O–H groups in total. The fourth-order valence-corrected chi connectivity index (χ4v) is 4.20. The number of benzene rings is 2. The minimum Gasteiger partial charge on any atom is -0.300 e. The molecule has 128 valence electrons. The summed E-state index contributed by atoms with van der Waals surface area (Å²) in [6.45, 7) is 2.01. The van der Waals surface area contributed by atoms with Crippen molar-refractivity contribution in [3.63, 3.8) is 0 Å². The highest BCUT2D eigenvalue weighted by Crippen LogP contribution is 2.29. The lowest BCUT2D eigenvalue weighted by Crippen LogP contribution is -2.20. The Bertz CT molecular complexity index is 806. The second-order valence-electron chi connectivity index (χ2n) is 5.51. The van der Waals surface area contributed by atoms with Gasteiger partial charge < -0.3 is 0 Å². The first kappa shape index (κ1) is 17.6. The lowest BCUT2D eigenvalue weighted by atomic mass is 9.96. The van der Waals surface area contributed by atoms with Gasteiger partial charge in [-0.1, -0.05) is 90.7 Å². The van der Waals surface area contributed by atoms with E-state index in [-0.39, 0.29) is 11.8 Å². The number of carbonyl (C=O) groups is 1. The summed E-state index contributed by atoms with van der Waals surface area (Å²) >= 11 is 3.04. The monoisotopic (exact) mass is 369 g/mol. The van der Waals surface area contributed by atoms with Crippen LogP contribution in [0.25, 0.3) is 0 Å². The van der Waals surface area contributed by atoms with Crippen molar-refractivity contribution in [2.24, 2.45) is 0 Å². The standard InChI is InChI=1S/C19H19N3OS2/c1-2-16(15-11-7-4-8-12-15)17(23)20-18-21-22-19(25-18)24-13-14-9-5-3-6-10-14/h3-12,16H,2,13H2,1H3,(H,20,21,23)/t16-/m1/s1. The number of hydrogen-bond acceptors (Lipinski definition) is 5. The first-order valence-corrected chi connectivity index (χ1v) is 9.92. The van der Waals surface area contributed by atoms with Crippen molar-refractivity contribution in [2.45, 2.75) is 29.4 Å². The molecule has 1 atom stereocenters. The van der Waals surface area contributed by atoms with Gasteiger partial charge in [0, 0.05) is 5.75 Å². The van der Waals surface area contributed by atoms with Gasteiger partial charge >= 0.3 is 0 Å². The zero-order chi connectivity index (χ0) is 17.5. The Kier molecular flexibility index (Phi) is 6.19. The minimum atomic E-state index is -0.175. The summed E-state index contributed by atoms with van der Waals surface area (Å²) < 4.78 is 0.854. The van der Waals surface area contributed by atoms with Crippen LogP contribution in [0.15, 0.2) is 65.0 Å². The van der Waals surface area contributed by atoms with Gasteiger partial charge in [-0.2, -0.15) is 0 Å². The van der Waals surface area contributed by atoms with Crippen LogP contribution in [0.5, 0.6) is 0 Å². The van der Waals surface area contributed by atoms with Gasteiger partial charge in [0.05, 0.1) is 5.92 Å². The number of carbonyl (C=O) groups excluding carboxylic acids is 1. The van der Waals surface area contributed by atoms with Crippen LogP contribution < -0.4 is 5.32 Å². The Morgan fingerprint density at radius 1 is 1.08 bits per heavy atom. The Morgan fingerprint density at radius 3 is 2.44 bits per heavy atom. The van der Waals surface area contributed by atoms with Crippen molar-refractivity contribution >= 4 is 34.1 Å². The molecule has 2 aromatic carbocycles. The molecule has 6 heteroatoms. The molecule has 3 rings (SSSR count). The molecule has 0 aliphatic carbocycles. The van der Waals surface area contributed by atoms with Gasteiger partial charge in [-0.25, -0.2) is 0 Å². The lowest BCUT2D eigenvalue weighted by Gasteiger charge is -2.13. The van der Waals surface area contributed by atoms with E-state index in [0.717, 1.165) is 22.1 Å². The SMILES string of the molecule is CC[C@@H](C(=O)Nc1nnc(SCc2ccccc2)s1)c1ccccc1. The van der Waals surface area contributed by atoms with Gasteiger partial charge in [-0.3, -0.25) is 10.1 Å². The van der Waals surface area contributed by atoms with E-state index in [2.05, 4.69) is 27.6 Å². The Hall–Kier alpha value is -2.18. The smallest absolute Gasteiger partial charge is 0.233 e. The molecule has 1 heterocycles. The molecule has 3 aromatic rings. The summed E-state index contributed by atoms with van der Waals surface area (Å²) in [7, 11) is 0. The van der Waals surface area contributed by atoms with E-state index in [9.17, 15) is 4.79 Å². The molecule has 0 saturated carbocycles. The number of aromatic nitrogens is 2. The topological polar surface area (TPSA) is 54.9 Å². The molecule has 0 spiro atoms. The van der Waals surface area contributed by atoms with Crippen LogP contribution in [0, 0.1) is 0 Å². The van der Waals surface area contributed by atoms with Gasteiger partial charge in [0.25, 0.3) is 0 Å². The van der Waals surface area contributed by atoms with Gasteiger partial charge in [0.15, 0.2) is 4.34 Å². The molecule has 0 saturated heterocycles. The zero-order valence-electron chi connectivity index (χ0n) is 13.9. The number of amides is 1. The summed E-state index contributed by atoms with van der Waals surface area (Å²) in [5, 5.41) is 11.7.